The van der Waals surface area contributed by atoms with Gasteiger partial charge in [-0.05, 0) is 44.0 Å². The first-order valence-electron chi connectivity index (χ1n) is 9.38. The number of rotatable bonds is 6. The molecular formula is C19H19ClN4O5S2. The van der Waals surface area contributed by atoms with Crippen LogP contribution >= 0.6 is 22.9 Å². The summed E-state index contributed by atoms with van der Waals surface area (Å²) in [4.78, 5) is 19.3. The van der Waals surface area contributed by atoms with Crippen molar-refractivity contribution in [3.63, 3.8) is 0 Å². The first kappa shape index (κ1) is 21.6. The van der Waals surface area contributed by atoms with E-state index in [1.54, 1.807) is 24.0 Å². The van der Waals surface area contributed by atoms with Gasteiger partial charge in [0, 0.05) is 23.0 Å². The Bertz CT molecular complexity index is 1230. The van der Waals surface area contributed by atoms with Gasteiger partial charge in [0.05, 0.1) is 17.7 Å². The number of aryl methyl sites for hydroxylation is 1. The van der Waals surface area contributed by atoms with E-state index in [0.717, 1.165) is 12.8 Å². The minimum Gasteiger partial charge on any atom is -0.495 e. The molecule has 1 aliphatic heterocycles. The first-order valence-corrected chi connectivity index (χ1v) is 12.1. The van der Waals surface area contributed by atoms with Crippen LogP contribution in [0.5, 0.6) is 5.75 Å². The Morgan fingerprint density at radius 3 is 2.74 bits per heavy atom. The van der Waals surface area contributed by atoms with E-state index in [4.69, 9.17) is 20.9 Å². The first-order chi connectivity index (χ1) is 14.8. The molecule has 1 N–H and O–H groups in total. The largest absolute Gasteiger partial charge is 0.495 e. The van der Waals surface area contributed by atoms with Crippen molar-refractivity contribution in [1.82, 2.24) is 15.0 Å². The fraction of sp³-hybridized carbons (Fsp3) is 0.316. The van der Waals surface area contributed by atoms with Crippen molar-refractivity contribution >= 4 is 44.6 Å². The van der Waals surface area contributed by atoms with Crippen LogP contribution in [-0.2, 0) is 10.0 Å². The van der Waals surface area contributed by atoms with E-state index in [0.29, 0.717) is 33.6 Å². The van der Waals surface area contributed by atoms with Crippen LogP contribution < -0.4 is 9.46 Å². The average molecular weight is 483 g/mol. The predicted octanol–water partition coefficient (Wildman–Crippen LogP) is 3.81. The monoisotopic (exact) mass is 482 g/mol. The van der Waals surface area contributed by atoms with Gasteiger partial charge in [-0.15, -0.1) is 11.3 Å². The highest BCUT2D eigenvalue weighted by atomic mass is 35.5. The van der Waals surface area contributed by atoms with Crippen molar-refractivity contribution < 1.29 is 22.5 Å². The predicted molar refractivity (Wildman–Crippen MR) is 116 cm³/mol. The lowest BCUT2D eigenvalue weighted by atomic mass is 10.3. The molecule has 9 nitrogen and oxygen atoms in total. The number of halogens is 1. The van der Waals surface area contributed by atoms with Gasteiger partial charge in [-0.2, -0.15) is 4.98 Å². The number of sulfonamides is 1. The second-order valence-corrected chi connectivity index (χ2v) is 10.2. The van der Waals surface area contributed by atoms with Crippen LogP contribution in [0, 0.1) is 6.92 Å². The SMILES string of the molecule is COc1ccc(Cl)cc1NS(=O)(=O)c1cc(-c2noc(C(=O)N3CCCC3)n2)sc1C. The lowest BCUT2D eigenvalue weighted by molar-refractivity contribution is 0.0743. The van der Waals surface area contributed by atoms with Crippen molar-refractivity contribution in [2.75, 3.05) is 24.9 Å². The minimum atomic E-state index is -3.94. The van der Waals surface area contributed by atoms with E-state index < -0.39 is 10.0 Å². The van der Waals surface area contributed by atoms with Crippen molar-refractivity contribution in [1.29, 1.82) is 0 Å². The third-order valence-electron chi connectivity index (χ3n) is 4.79. The summed E-state index contributed by atoms with van der Waals surface area (Å²) in [5, 5.41) is 4.23. The standard InChI is InChI=1S/C19H19ClN4O5S2/c1-11-16(31(26,27)23-13-9-12(20)5-6-14(13)28-2)10-15(30-11)17-21-18(29-22-17)19(25)24-7-3-4-8-24/h5-6,9-10,23H,3-4,7-8H2,1-2H3. The molecule has 1 aromatic carbocycles. The van der Waals surface area contributed by atoms with Gasteiger partial charge in [0.15, 0.2) is 0 Å². The fourth-order valence-corrected chi connectivity index (χ4v) is 6.02. The van der Waals surface area contributed by atoms with Gasteiger partial charge in [-0.1, -0.05) is 16.8 Å². The van der Waals surface area contributed by atoms with Gasteiger partial charge in [0.25, 0.3) is 10.0 Å². The molecule has 164 valence electrons. The number of likely N-dealkylation sites (tertiary alicyclic amines) is 1. The zero-order chi connectivity index (χ0) is 22.2. The second kappa shape index (κ2) is 8.48. The van der Waals surface area contributed by atoms with E-state index in [1.165, 1.54) is 30.6 Å². The number of hydrogen-bond acceptors (Lipinski definition) is 8. The molecule has 0 saturated carbocycles. The molecule has 1 fully saturated rings. The highest BCUT2D eigenvalue weighted by Crippen LogP contribution is 2.35. The van der Waals surface area contributed by atoms with Gasteiger partial charge in [-0.3, -0.25) is 9.52 Å². The molecule has 4 rings (SSSR count). The molecule has 0 atom stereocenters. The van der Waals surface area contributed by atoms with Gasteiger partial charge in [-0.25, -0.2) is 8.42 Å². The van der Waals surface area contributed by atoms with Crippen LogP contribution in [0.4, 0.5) is 5.69 Å². The topological polar surface area (TPSA) is 115 Å². The zero-order valence-electron chi connectivity index (χ0n) is 16.7. The number of nitrogens with one attached hydrogen (secondary N) is 1. The molecule has 1 amide bonds. The molecular weight excluding hydrogens is 464 g/mol. The fourth-order valence-electron chi connectivity index (χ4n) is 3.27. The number of ether oxygens (including phenoxy) is 1. The number of thiophene rings is 1. The summed E-state index contributed by atoms with van der Waals surface area (Å²) in [5.41, 5.74) is 0.222. The van der Waals surface area contributed by atoms with Crippen LogP contribution in [0.25, 0.3) is 10.7 Å². The molecule has 0 aliphatic carbocycles. The van der Waals surface area contributed by atoms with Crippen molar-refractivity contribution in [3.05, 3.63) is 40.1 Å². The summed E-state index contributed by atoms with van der Waals surface area (Å²) in [6.07, 6.45) is 1.89. The number of nitrogens with zero attached hydrogens (tertiary/aromatic N) is 3. The van der Waals surface area contributed by atoms with Gasteiger partial charge in [0.1, 0.15) is 10.6 Å². The van der Waals surface area contributed by atoms with Crippen LogP contribution in [-0.4, -0.2) is 49.6 Å². The molecule has 0 unspecified atom stereocenters. The normalized spacial score (nSPS) is 14.1. The molecule has 31 heavy (non-hydrogen) atoms. The number of amides is 1. The number of anilines is 1. The summed E-state index contributed by atoms with van der Waals surface area (Å²) < 4.78 is 38.8. The van der Waals surface area contributed by atoms with Gasteiger partial charge >= 0.3 is 11.8 Å². The molecule has 0 bridgehead atoms. The number of methoxy groups -OCH3 is 1. The zero-order valence-corrected chi connectivity index (χ0v) is 19.1. The Hall–Kier alpha value is -2.63. The van der Waals surface area contributed by atoms with Gasteiger partial charge < -0.3 is 14.2 Å². The maximum absolute atomic E-state index is 13.0. The van der Waals surface area contributed by atoms with E-state index in [2.05, 4.69) is 14.9 Å². The van der Waals surface area contributed by atoms with Crippen LogP contribution in [0.2, 0.25) is 5.02 Å². The Morgan fingerprint density at radius 1 is 1.29 bits per heavy atom. The van der Waals surface area contributed by atoms with Crippen molar-refractivity contribution in [2.24, 2.45) is 0 Å². The Labute approximate surface area is 188 Å². The molecule has 1 saturated heterocycles. The summed E-state index contributed by atoms with van der Waals surface area (Å²) in [7, 11) is -2.51. The number of carbonyl (C=O) groups is 1. The highest BCUT2D eigenvalue weighted by molar-refractivity contribution is 7.93. The van der Waals surface area contributed by atoms with E-state index in [-0.39, 0.29) is 28.2 Å². The molecule has 0 radical (unpaired) electrons. The third-order valence-corrected chi connectivity index (χ3v) is 7.69. The lowest BCUT2D eigenvalue weighted by Gasteiger charge is -2.12. The Kier molecular flexibility index (Phi) is 5.91. The number of aromatic nitrogens is 2. The smallest absolute Gasteiger partial charge is 0.316 e. The molecule has 1 aliphatic rings. The third kappa shape index (κ3) is 4.39. The van der Waals surface area contributed by atoms with Crippen LogP contribution in [0.15, 0.2) is 33.7 Å². The second-order valence-electron chi connectivity index (χ2n) is 6.90. The van der Waals surface area contributed by atoms with Crippen molar-refractivity contribution in [2.45, 2.75) is 24.7 Å². The maximum atomic E-state index is 13.0. The Morgan fingerprint density at radius 2 is 2.03 bits per heavy atom. The summed E-state index contributed by atoms with van der Waals surface area (Å²) in [6, 6.07) is 6.10. The van der Waals surface area contributed by atoms with E-state index in [9.17, 15) is 13.2 Å². The molecule has 3 heterocycles. The molecule has 0 spiro atoms. The number of benzene rings is 1. The highest BCUT2D eigenvalue weighted by Gasteiger charge is 2.27. The summed E-state index contributed by atoms with van der Waals surface area (Å²) in [6.45, 7) is 3.00. The van der Waals surface area contributed by atoms with Gasteiger partial charge in [0.2, 0.25) is 5.82 Å². The quantitative estimate of drug-likeness (QED) is 0.568. The number of hydrogen-bond donors (Lipinski definition) is 1. The average Bonchev–Trinajstić information content (AvgIpc) is 3.48. The van der Waals surface area contributed by atoms with Crippen LogP contribution in [0.3, 0.4) is 0 Å². The summed E-state index contributed by atoms with van der Waals surface area (Å²) in [5.74, 6) is 0.0861. The molecule has 12 heteroatoms. The van der Waals surface area contributed by atoms with E-state index in [1.807, 2.05) is 0 Å². The lowest BCUT2D eigenvalue weighted by Crippen LogP contribution is -2.27. The van der Waals surface area contributed by atoms with Crippen LogP contribution in [0.1, 0.15) is 28.4 Å². The maximum Gasteiger partial charge on any atom is 0.316 e. The summed E-state index contributed by atoms with van der Waals surface area (Å²) >= 11 is 7.18. The number of carbonyl (C=O) groups excluding carboxylic acids is 1. The molecule has 3 aromatic rings. The Balaban J connectivity index is 1.60. The minimum absolute atomic E-state index is 0.0618. The van der Waals surface area contributed by atoms with Crippen molar-refractivity contribution in [3.8, 4) is 16.5 Å². The molecule has 2 aromatic heterocycles. The van der Waals surface area contributed by atoms with E-state index >= 15 is 0 Å².